The first-order chi connectivity index (χ1) is 13.3. The van der Waals surface area contributed by atoms with Gasteiger partial charge < -0.3 is 14.2 Å². The Hall–Kier alpha value is -3.07. The highest BCUT2D eigenvalue weighted by molar-refractivity contribution is 6.07. The van der Waals surface area contributed by atoms with Gasteiger partial charge in [0.2, 0.25) is 11.8 Å². The van der Waals surface area contributed by atoms with Crippen molar-refractivity contribution in [1.82, 2.24) is 9.88 Å². The van der Waals surface area contributed by atoms with Crippen LogP contribution in [0.1, 0.15) is 19.5 Å². The number of ether oxygens (including phenoxy) is 3. The van der Waals surface area contributed by atoms with Gasteiger partial charge >= 0.3 is 11.9 Å². The van der Waals surface area contributed by atoms with E-state index in [1.807, 2.05) is 0 Å². The van der Waals surface area contributed by atoms with E-state index in [4.69, 9.17) is 14.2 Å². The number of hydrogen-bond donors (Lipinski definition) is 0. The number of amides is 2. The third-order valence-electron chi connectivity index (χ3n) is 5.13. The highest BCUT2D eigenvalue weighted by Gasteiger charge is 2.71. The van der Waals surface area contributed by atoms with Gasteiger partial charge in [0.25, 0.3) is 6.29 Å². The molecule has 2 bridgehead atoms. The van der Waals surface area contributed by atoms with Gasteiger partial charge in [-0.2, -0.15) is 0 Å². The van der Waals surface area contributed by atoms with Gasteiger partial charge in [-0.05, 0) is 18.2 Å². The van der Waals surface area contributed by atoms with Crippen molar-refractivity contribution in [2.45, 2.75) is 38.4 Å². The SMILES string of the molecule is CC(=O)OC(OC(C)=O)[C@@]12C=C[C@@H](O1)[C@H]1C(=O)N(Cc3ccccn3)C(=O)[C@H]12. The van der Waals surface area contributed by atoms with Crippen LogP contribution < -0.4 is 0 Å². The molecule has 0 saturated carbocycles. The number of hydrogen-bond acceptors (Lipinski definition) is 8. The Kier molecular flexibility index (Phi) is 4.26. The Morgan fingerprint density at radius 1 is 1.21 bits per heavy atom. The van der Waals surface area contributed by atoms with E-state index in [2.05, 4.69) is 4.98 Å². The standard InChI is InChI=1S/C19H18N2O7/c1-10(22)26-18(27-11(2)23)19-7-6-13(28-19)14-15(19)17(25)21(16(14)24)9-12-5-3-4-8-20-12/h3-8,13-15,18H,9H2,1-2H3/t13-,14-,15+,19+/m1/s1. The number of fused-ring (bicyclic) bond motifs is 5. The first kappa shape index (κ1) is 18.3. The zero-order valence-electron chi connectivity index (χ0n) is 15.2. The summed E-state index contributed by atoms with van der Waals surface area (Å²) in [5.74, 6) is -3.99. The highest BCUT2D eigenvalue weighted by Crippen LogP contribution is 2.54. The normalized spacial score (nSPS) is 30.1. The van der Waals surface area contributed by atoms with E-state index in [1.165, 1.54) is 0 Å². The number of imide groups is 1. The molecule has 0 aromatic carbocycles. The van der Waals surface area contributed by atoms with Crippen LogP contribution in [-0.4, -0.2) is 51.6 Å². The summed E-state index contributed by atoms with van der Waals surface area (Å²) >= 11 is 0. The summed E-state index contributed by atoms with van der Waals surface area (Å²) in [7, 11) is 0. The molecule has 3 aliphatic rings. The highest BCUT2D eigenvalue weighted by atomic mass is 16.7. The van der Waals surface area contributed by atoms with Crippen LogP contribution in [0.15, 0.2) is 36.5 Å². The monoisotopic (exact) mass is 386 g/mol. The minimum atomic E-state index is -1.53. The molecule has 0 N–H and O–H groups in total. The van der Waals surface area contributed by atoms with Crippen molar-refractivity contribution in [3.63, 3.8) is 0 Å². The van der Waals surface area contributed by atoms with E-state index < -0.39 is 47.7 Å². The largest absolute Gasteiger partial charge is 0.422 e. The molecule has 2 saturated heterocycles. The van der Waals surface area contributed by atoms with Crippen molar-refractivity contribution in [3.8, 4) is 0 Å². The summed E-state index contributed by atoms with van der Waals surface area (Å²) in [5.41, 5.74) is -0.964. The summed E-state index contributed by atoms with van der Waals surface area (Å²) in [6.45, 7) is 2.34. The predicted molar refractivity (Wildman–Crippen MR) is 90.8 cm³/mol. The summed E-state index contributed by atoms with van der Waals surface area (Å²) in [4.78, 5) is 54.5. The number of rotatable bonds is 5. The van der Waals surface area contributed by atoms with E-state index in [1.54, 1.807) is 36.5 Å². The van der Waals surface area contributed by atoms with Crippen LogP contribution in [0.3, 0.4) is 0 Å². The number of esters is 2. The van der Waals surface area contributed by atoms with Crippen LogP contribution in [-0.2, 0) is 39.9 Å². The molecule has 9 heteroatoms. The molecule has 146 valence electrons. The van der Waals surface area contributed by atoms with Crippen molar-refractivity contribution >= 4 is 23.8 Å². The lowest BCUT2D eigenvalue weighted by atomic mass is 9.76. The quantitative estimate of drug-likeness (QED) is 0.308. The number of carbonyl (C=O) groups is 4. The van der Waals surface area contributed by atoms with Crippen molar-refractivity contribution in [3.05, 3.63) is 42.2 Å². The second kappa shape index (κ2) is 6.52. The first-order valence-corrected chi connectivity index (χ1v) is 8.80. The maximum absolute atomic E-state index is 13.2. The Morgan fingerprint density at radius 2 is 1.93 bits per heavy atom. The maximum atomic E-state index is 13.2. The molecule has 1 aromatic rings. The fourth-order valence-corrected chi connectivity index (χ4v) is 4.09. The predicted octanol–water partition coefficient (Wildman–Crippen LogP) is 0.342. The van der Waals surface area contributed by atoms with E-state index >= 15 is 0 Å². The average Bonchev–Trinajstić information content (AvgIpc) is 3.29. The van der Waals surface area contributed by atoms with Gasteiger partial charge in [0, 0.05) is 20.0 Å². The van der Waals surface area contributed by atoms with E-state index in [9.17, 15) is 19.2 Å². The molecule has 0 aliphatic carbocycles. The lowest BCUT2D eigenvalue weighted by Crippen LogP contribution is -2.52. The van der Waals surface area contributed by atoms with Crippen LogP contribution in [0, 0.1) is 11.8 Å². The lowest BCUT2D eigenvalue weighted by Gasteiger charge is -2.34. The van der Waals surface area contributed by atoms with E-state index in [-0.39, 0.29) is 12.5 Å². The average molecular weight is 386 g/mol. The molecule has 4 heterocycles. The topological polar surface area (TPSA) is 112 Å². The van der Waals surface area contributed by atoms with Crippen LogP contribution in [0.4, 0.5) is 0 Å². The molecular formula is C19H18N2O7. The number of carbonyl (C=O) groups excluding carboxylic acids is 4. The van der Waals surface area contributed by atoms with Gasteiger partial charge in [-0.3, -0.25) is 29.1 Å². The number of likely N-dealkylation sites (tertiary alicyclic amines) is 1. The zero-order chi connectivity index (χ0) is 20.1. The summed E-state index contributed by atoms with van der Waals surface area (Å²) < 4.78 is 16.2. The molecule has 0 unspecified atom stereocenters. The molecule has 9 nitrogen and oxygen atoms in total. The zero-order valence-corrected chi connectivity index (χ0v) is 15.2. The Balaban J connectivity index is 1.67. The number of aromatic nitrogens is 1. The van der Waals surface area contributed by atoms with Crippen molar-refractivity contribution < 1.29 is 33.4 Å². The smallest absolute Gasteiger partial charge is 0.305 e. The Labute approximate surface area is 160 Å². The molecule has 0 radical (unpaired) electrons. The van der Waals surface area contributed by atoms with Crippen molar-refractivity contribution in [2.75, 3.05) is 0 Å². The van der Waals surface area contributed by atoms with Gasteiger partial charge in [-0.1, -0.05) is 12.1 Å². The number of pyridine rings is 1. The molecule has 0 spiro atoms. The minimum absolute atomic E-state index is 0.0279. The van der Waals surface area contributed by atoms with Crippen molar-refractivity contribution in [1.29, 1.82) is 0 Å². The Morgan fingerprint density at radius 3 is 2.54 bits per heavy atom. The minimum Gasteiger partial charge on any atom is -0.422 e. The van der Waals surface area contributed by atoms with Crippen LogP contribution in [0.5, 0.6) is 0 Å². The van der Waals surface area contributed by atoms with Gasteiger partial charge in [0.15, 0.2) is 5.60 Å². The summed E-state index contributed by atoms with van der Waals surface area (Å²) in [6.07, 6.45) is 2.63. The molecule has 28 heavy (non-hydrogen) atoms. The Bertz CT molecular complexity index is 868. The molecule has 2 fully saturated rings. The van der Waals surface area contributed by atoms with Gasteiger partial charge in [-0.15, -0.1) is 0 Å². The molecule has 3 aliphatic heterocycles. The summed E-state index contributed by atoms with van der Waals surface area (Å²) in [5, 5.41) is 0. The lowest BCUT2D eigenvalue weighted by molar-refractivity contribution is -0.227. The molecular weight excluding hydrogens is 368 g/mol. The van der Waals surface area contributed by atoms with Crippen LogP contribution in [0.25, 0.3) is 0 Å². The van der Waals surface area contributed by atoms with E-state index in [0.717, 1.165) is 18.7 Å². The second-order valence-electron chi connectivity index (χ2n) is 6.93. The third-order valence-corrected chi connectivity index (χ3v) is 5.13. The first-order valence-electron chi connectivity index (χ1n) is 8.80. The second-order valence-corrected chi connectivity index (χ2v) is 6.93. The maximum Gasteiger partial charge on any atom is 0.305 e. The number of nitrogens with zero attached hydrogens (tertiary/aromatic N) is 2. The molecule has 1 aromatic heterocycles. The van der Waals surface area contributed by atoms with Gasteiger partial charge in [0.1, 0.15) is 0 Å². The fourth-order valence-electron chi connectivity index (χ4n) is 4.09. The van der Waals surface area contributed by atoms with Crippen LogP contribution >= 0.6 is 0 Å². The van der Waals surface area contributed by atoms with Crippen LogP contribution in [0.2, 0.25) is 0 Å². The van der Waals surface area contributed by atoms with Gasteiger partial charge in [0.05, 0.1) is 30.2 Å². The summed E-state index contributed by atoms with van der Waals surface area (Å²) in [6, 6.07) is 5.22. The fraction of sp³-hybridized carbons (Fsp3) is 0.421. The molecule has 4 atom stereocenters. The molecule has 2 amide bonds. The molecule has 4 rings (SSSR count). The third kappa shape index (κ3) is 2.70. The van der Waals surface area contributed by atoms with Gasteiger partial charge in [-0.25, -0.2) is 0 Å². The van der Waals surface area contributed by atoms with Crippen molar-refractivity contribution in [2.24, 2.45) is 11.8 Å². The van der Waals surface area contributed by atoms with E-state index in [0.29, 0.717) is 5.69 Å².